The number of rotatable bonds is 3. The van der Waals surface area contributed by atoms with E-state index in [0.717, 1.165) is 31.3 Å². The first-order valence-corrected chi connectivity index (χ1v) is 16.7. The Bertz CT molecular complexity index is 1270. The molecule has 8 nitrogen and oxygen atoms in total. The van der Waals surface area contributed by atoms with Gasteiger partial charge in [-0.15, -0.1) is 0 Å². The third kappa shape index (κ3) is 3.91. The zero-order valence-electron chi connectivity index (χ0n) is 28.8. The van der Waals surface area contributed by atoms with Crippen molar-refractivity contribution in [1.82, 2.24) is 0 Å². The van der Waals surface area contributed by atoms with Crippen molar-refractivity contribution >= 4 is 17.9 Å². The molecule has 12 unspecified atom stereocenters. The Morgan fingerprint density at radius 2 is 1.50 bits per heavy atom. The van der Waals surface area contributed by atoms with Crippen LogP contribution in [0.4, 0.5) is 0 Å². The molecule has 0 spiro atoms. The van der Waals surface area contributed by atoms with Crippen LogP contribution in [-0.4, -0.2) is 59.1 Å². The van der Waals surface area contributed by atoms with E-state index in [2.05, 4.69) is 48.5 Å². The fourth-order valence-corrected chi connectivity index (χ4v) is 12.5. The van der Waals surface area contributed by atoms with Gasteiger partial charge in [-0.3, -0.25) is 14.4 Å². The minimum absolute atomic E-state index is 0.0497. The molecule has 44 heavy (non-hydrogen) atoms. The third-order valence-electron chi connectivity index (χ3n) is 15.0. The van der Waals surface area contributed by atoms with E-state index in [1.807, 2.05) is 13.0 Å². The van der Waals surface area contributed by atoms with Crippen LogP contribution in [0, 0.1) is 50.2 Å². The lowest BCUT2D eigenvalue weighted by atomic mass is 9.30. The molecule has 0 bridgehead atoms. The molecule has 0 amide bonds. The summed E-state index contributed by atoms with van der Waals surface area (Å²) in [6, 6.07) is 0. The van der Waals surface area contributed by atoms with Gasteiger partial charge in [0.05, 0.1) is 24.2 Å². The number of hydrogen-bond acceptors (Lipinski definition) is 8. The minimum Gasteiger partial charge on any atom is -0.469 e. The Kier molecular flexibility index (Phi) is 7.62. The molecule has 4 saturated carbocycles. The summed E-state index contributed by atoms with van der Waals surface area (Å²) in [6.45, 7) is 19.8. The number of fused-ring (bicyclic) bond motifs is 7. The van der Waals surface area contributed by atoms with Crippen LogP contribution in [0.15, 0.2) is 11.6 Å². The van der Waals surface area contributed by atoms with Crippen LogP contribution >= 0.6 is 0 Å². The van der Waals surface area contributed by atoms with Crippen molar-refractivity contribution in [2.75, 3.05) is 7.11 Å². The zero-order chi connectivity index (χ0) is 33.1. The Labute approximate surface area is 263 Å². The Morgan fingerprint density at radius 1 is 0.886 bits per heavy atom. The molecule has 0 aromatic carbocycles. The first kappa shape index (κ1) is 33.4. The number of methoxy groups -OCH3 is 1. The van der Waals surface area contributed by atoms with Crippen LogP contribution < -0.4 is 0 Å². The van der Waals surface area contributed by atoms with Gasteiger partial charge in [0.25, 0.3) is 0 Å². The average molecular weight is 617 g/mol. The van der Waals surface area contributed by atoms with E-state index in [9.17, 15) is 24.6 Å². The van der Waals surface area contributed by atoms with E-state index in [-0.39, 0.29) is 23.7 Å². The Morgan fingerprint density at radius 3 is 2.07 bits per heavy atom. The standard InChI is InChI=1S/C36H56O8/c1-20-12-15-36(29(40)42-11)17-16-32(7)26(34(36,9)35(20,10)41)18-23(39)27-31(6)19-24(43-21(2)37)28(44-22(3)38)30(4,5)25(31)13-14-33(27,32)8/h18,20,23-25,27-28,39,41H,12-17,19H2,1-11H3. The number of esters is 3. The number of aliphatic hydroxyl groups is 2. The van der Waals surface area contributed by atoms with E-state index in [1.165, 1.54) is 21.0 Å². The molecule has 8 heteroatoms. The molecular weight excluding hydrogens is 560 g/mol. The molecule has 0 saturated heterocycles. The Hall–Kier alpha value is -1.93. The van der Waals surface area contributed by atoms with Crippen molar-refractivity contribution in [3.63, 3.8) is 0 Å². The second-order valence-corrected chi connectivity index (χ2v) is 16.9. The summed E-state index contributed by atoms with van der Waals surface area (Å²) < 4.78 is 17.3. The van der Waals surface area contributed by atoms with Crippen LogP contribution in [-0.2, 0) is 28.6 Å². The van der Waals surface area contributed by atoms with Gasteiger partial charge >= 0.3 is 17.9 Å². The van der Waals surface area contributed by atoms with E-state index in [1.54, 1.807) is 0 Å². The van der Waals surface area contributed by atoms with Gasteiger partial charge < -0.3 is 24.4 Å². The first-order valence-electron chi connectivity index (χ1n) is 16.7. The normalized spacial score (nSPS) is 50.9. The van der Waals surface area contributed by atoms with Crippen LogP contribution in [0.1, 0.15) is 114 Å². The van der Waals surface area contributed by atoms with Gasteiger partial charge in [-0.2, -0.15) is 0 Å². The van der Waals surface area contributed by atoms with Crippen molar-refractivity contribution in [3.8, 4) is 0 Å². The topological polar surface area (TPSA) is 119 Å². The number of aliphatic hydroxyl groups excluding tert-OH is 1. The second-order valence-electron chi connectivity index (χ2n) is 16.9. The SMILES string of the molecule is COC(=O)C12CCC(C)C(C)(O)C1(C)C1=CC(O)C3C4(C)CC(OC(C)=O)C(OC(C)=O)C(C)(C)C4CCC3(C)C1(C)CC2. The molecule has 0 radical (unpaired) electrons. The lowest BCUT2D eigenvalue weighted by molar-refractivity contribution is -0.267. The number of carbonyl (C=O) groups is 3. The monoisotopic (exact) mass is 616 g/mol. The fraction of sp³-hybridized carbons (Fsp3) is 0.861. The lowest BCUT2D eigenvalue weighted by Gasteiger charge is -2.75. The maximum Gasteiger partial charge on any atom is 0.312 e. The summed E-state index contributed by atoms with van der Waals surface area (Å²) >= 11 is 0. The summed E-state index contributed by atoms with van der Waals surface area (Å²) in [4.78, 5) is 38.4. The van der Waals surface area contributed by atoms with Crippen molar-refractivity contribution in [2.24, 2.45) is 50.2 Å². The zero-order valence-corrected chi connectivity index (χ0v) is 28.8. The molecule has 0 aromatic rings. The summed E-state index contributed by atoms with van der Waals surface area (Å²) in [7, 11) is 1.44. The van der Waals surface area contributed by atoms with Crippen molar-refractivity contribution in [3.05, 3.63) is 11.6 Å². The van der Waals surface area contributed by atoms with Gasteiger partial charge in [-0.1, -0.05) is 60.1 Å². The van der Waals surface area contributed by atoms with Gasteiger partial charge in [0.2, 0.25) is 0 Å². The first-order chi connectivity index (χ1) is 20.1. The quantitative estimate of drug-likeness (QED) is 0.233. The highest BCUT2D eigenvalue weighted by Gasteiger charge is 2.77. The second kappa shape index (κ2) is 10.0. The molecule has 2 N–H and O–H groups in total. The largest absolute Gasteiger partial charge is 0.469 e. The highest BCUT2D eigenvalue weighted by Crippen LogP contribution is 2.79. The summed E-state index contributed by atoms with van der Waals surface area (Å²) in [6.07, 6.45) is 4.74. The Balaban J connectivity index is 1.70. The van der Waals surface area contributed by atoms with Gasteiger partial charge in [0.1, 0.15) is 12.2 Å². The number of hydrogen-bond donors (Lipinski definition) is 2. The summed E-state index contributed by atoms with van der Waals surface area (Å²) in [5.41, 5.74) is -3.86. The molecule has 0 aromatic heterocycles. The highest BCUT2D eigenvalue weighted by molar-refractivity contribution is 5.80. The van der Waals surface area contributed by atoms with E-state index < -0.39 is 68.3 Å². The van der Waals surface area contributed by atoms with Crippen molar-refractivity contribution in [1.29, 1.82) is 0 Å². The molecule has 0 heterocycles. The molecule has 4 fully saturated rings. The van der Waals surface area contributed by atoms with Gasteiger partial charge in [0, 0.05) is 30.6 Å². The van der Waals surface area contributed by atoms with Crippen LogP contribution in [0.3, 0.4) is 0 Å². The van der Waals surface area contributed by atoms with Gasteiger partial charge in [-0.05, 0) is 80.0 Å². The van der Waals surface area contributed by atoms with E-state index in [0.29, 0.717) is 19.3 Å². The van der Waals surface area contributed by atoms with Gasteiger partial charge in [0.15, 0.2) is 0 Å². The van der Waals surface area contributed by atoms with E-state index >= 15 is 0 Å². The van der Waals surface area contributed by atoms with Gasteiger partial charge in [-0.25, -0.2) is 0 Å². The highest BCUT2D eigenvalue weighted by atomic mass is 16.6. The molecule has 0 aliphatic heterocycles. The molecule has 5 aliphatic rings. The summed E-state index contributed by atoms with van der Waals surface area (Å²) in [5, 5.41) is 24.9. The fourth-order valence-electron chi connectivity index (χ4n) is 12.5. The van der Waals surface area contributed by atoms with Crippen LogP contribution in [0.25, 0.3) is 0 Å². The molecule has 5 aliphatic carbocycles. The minimum atomic E-state index is -1.21. The van der Waals surface area contributed by atoms with Crippen molar-refractivity contribution in [2.45, 2.75) is 138 Å². The van der Waals surface area contributed by atoms with Crippen LogP contribution in [0.5, 0.6) is 0 Å². The summed E-state index contributed by atoms with van der Waals surface area (Å²) in [5.74, 6) is -1.26. The predicted octanol–water partition coefficient (Wildman–Crippen LogP) is 5.77. The molecule has 12 atom stereocenters. The van der Waals surface area contributed by atoms with Crippen LogP contribution in [0.2, 0.25) is 0 Å². The smallest absolute Gasteiger partial charge is 0.312 e. The molecular formula is C36H56O8. The van der Waals surface area contributed by atoms with E-state index in [4.69, 9.17) is 14.2 Å². The van der Waals surface area contributed by atoms with Crippen molar-refractivity contribution < 1.29 is 38.8 Å². The average Bonchev–Trinajstić information content (AvgIpc) is 2.90. The molecule has 248 valence electrons. The predicted molar refractivity (Wildman–Crippen MR) is 165 cm³/mol. The molecule has 5 rings (SSSR count). The maximum absolute atomic E-state index is 13.8. The maximum atomic E-state index is 13.8. The lowest BCUT2D eigenvalue weighted by Crippen LogP contribution is -2.74. The number of carbonyl (C=O) groups excluding carboxylic acids is 3. The number of ether oxygens (including phenoxy) is 3. The third-order valence-corrected chi connectivity index (χ3v) is 15.0.